The van der Waals surface area contributed by atoms with Crippen LogP contribution in [0.3, 0.4) is 0 Å². The predicted octanol–water partition coefficient (Wildman–Crippen LogP) is 0.209. The maximum atomic E-state index is 10.5. The maximum absolute atomic E-state index is 10.5. The van der Waals surface area contributed by atoms with Crippen molar-refractivity contribution in [1.82, 2.24) is 0 Å². The molecule has 0 aliphatic heterocycles. The topological polar surface area (TPSA) is 101 Å². The van der Waals surface area contributed by atoms with Crippen LogP contribution in [-0.2, 0) is 9.59 Å². The van der Waals surface area contributed by atoms with Crippen molar-refractivity contribution in [2.45, 2.75) is 25.8 Å². The Morgan fingerprint density at radius 3 is 2.31 bits per heavy atom. The van der Waals surface area contributed by atoms with E-state index in [0.29, 0.717) is 6.42 Å². The highest BCUT2D eigenvalue weighted by atomic mass is 16.4. The molecule has 0 aliphatic rings. The molecule has 0 amide bonds. The average molecular weight is 187 g/mol. The Hall–Kier alpha value is -1.36. The first-order chi connectivity index (χ1) is 5.99. The Bertz CT molecular complexity index is 234. The van der Waals surface area contributed by atoms with Gasteiger partial charge in [0.1, 0.15) is 6.04 Å². The molecule has 0 saturated carbocycles. The van der Waals surface area contributed by atoms with Gasteiger partial charge in [-0.05, 0) is 6.42 Å². The third-order valence-electron chi connectivity index (χ3n) is 1.48. The van der Waals surface area contributed by atoms with Crippen LogP contribution in [0.2, 0.25) is 0 Å². The van der Waals surface area contributed by atoms with Gasteiger partial charge in [0.15, 0.2) is 0 Å². The van der Waals surface area contributed by atoms with Gasteiger partial charge in [-0.1, -0.05) is 13.0 Å². The van der Waals surface area contributed by atoms with Crippen LogP contribution in [-0.4, -0.2) is 28.2 Å². The lowest BCUT2D eigenvalue weighted by atomic mass is 10.1. The molecule has 4 N–H and O–H groups in total. The summed E-state index contributed by atoms with van der Waals surface area (Å²) in [6, 6.07) is -1.14. The lowest BCUT2D eigenvalue weighted by Gasteiger charge is -2.06. The summed E-state index contributed by atoms with van der Waals surface area (Å²) < 4.78 is 0. The maximum Gasteiger partial charge on any atom is 0.331 e. The summed E-state index contributed by atoms with van der Waals surface area (Å²) in [5.41, 5.74) is 5.23. The van der Waals surface area contributed by atoms with Gasteiger partial charge in [-0.25, -0.2) is 4.79 Å². The van der Waals surface area contributed by atoms with E-state index >= 15 is 0 Å². The fourth-order valence-corrected chi connectivity index (χ4v) is 0.829. The van der Waals surface area contributed by atoms with Crippen molar-refractivity contribution >= 4 is 11.9 Å². The molecule has 0 aliphatic carbocycles. The molecule has 0 bridgehead atoms. The SMILES string of the molecule is CCC=C(C[C@H](N)C(=O)O)C(=O)O. The summed E-state index contributed by atoms with van der Waals surface area (Å²) in [5.74, 6) is -2.30. The molecule has 13 heavy (non-hydrogen) atoms. The molecule has 0 aromatic heterocycles. The molecule has 74 valence electrons. The molecule has 5 heteroatoms. The van der Waals surface area contributed by atoms with Gasteiger partial charge in [-0.3, -0.25) is 4.79 Å². The van der Waals surface area contributed by atoms with E-state index in [-0.39, 0.29) is 12.0 Å². The van der Waals surface area contributed by atoms with Crippen LogP contribution in [0, 0.1) is 0 Å². The fourth-order valence-electron chi connectivity index (χ4n) is 0.829. The number of nitrogens with two attached hydrogens (primary N) is 1. The molecule has 1 atom stereocenters. The van der Waals surface area contributed by atoms with E-state index in [2.05, 4.69) is 0 Å². The third kappa shape index (κ3) is 4.27. The Morgan fingerprint density at radius 1 is 1.46 bits per heavy atom. The van der Waals surface area contributed by atoms with Gasteiger partial charge < -0.3 is 15.9 Å². The summed E-state index contributed by atoms with van der Waals surface area (Å²) in [4.78, 5) is 20.8. The largest absolute Gasteiger partial charge is 0.480 e. The van der Waals surface area contributed by atoms with Gasteiger partial charge >= 0.3 is 11.9 Å². The van der Waals surface area contributed by atoms with Crippen LogP contribution >= 0.6 is 0 Å². The van der Waals surface area contributed by atoms with Crippen molar-refractivity contribution < 1.29 is 19.8 Å². The van der Waals surface area contributed by atoms with Crippen LogP contribution in [0.1, 0.15) is 19.8 Å². The van der Waals surface area contributed by atoms with Crippen molar-refractivity contribution in [1.29, 1.82) is 0 Å². The molecule has 5 nitrogen and oxygen atoms in total. The predicted molar refractivity (Wildman–Crippen MR) is 46.2 cm³/mol. The molecule has 0 spiro atoms. The monoisotopic (exact) mass is 187 g/mol. The highest BCUT2D eigenvalue weighted by molar-refractivity contribution is 5.88. The van der Waals surface area contributed by atoms with E-state index in [0.717, 1.165) is 0 Å². The fraction of sp³-hybridized carbons (Fsp3) is 0.500. The van der Waals surface area contributed by atoms with Crippen LogP contribution in [0.25, 0.3) is 0 Å². The number of hydrogen-bond acceptors (Lipinski definition) is 3. The molecule has 0 radical (unpaired) electrons. The van der Waals surface area contributed by atoms with E-state index in [1.807, 2.05) is 0 Å². The molecule has 0 saturated heterocycles. The van der Waals surface area contributed by atoms with Crippen LogP contribution in [0.4, 0.5) is 0 Å². The second-order valence-corrected chi connectivity index (χ2v) is 2.59. The van der Waals surface area contributed by atoms with Crippen LogP contribution < -0.4 is 5.73 Å². The molecule has 0 rings (SSSR count). The van der Waals surface area contributed by atoms with E-state index in [1.165, 1.54) is 6.08 Å². The number of carboxylic acid groups (broad SMARTS) is 2. The Morgan fingerprint density at radius 2 is 2.00 bits per heavy atom. The first kappa shape index (κ1) is 11.6. The molecular weight excluding hydrogens is 174 g/mol. The Balaban J connectivity index is 4.36. The van der Waals surface area contributed by atoms with E-state index in [4.69, 9.17) is 15.9 Å². The number of aliphatic carboxylic acids is 2. The minimum absolute atomic E-state index is 0.0531. The summed E-state index contributed by atoms with van der Waals surface area (Å²) in [6.45, 7) is 1.77. The van der Waals surface area contributed by atoms with Crippen molar-refractivity contribution in [3.05, 3.63) is 11.6 Å². The minimum Gasteiger partial charge on any atom is -0.480 e. The van der Waals surface area contributed by atoms with Gasteiger partial charge in [0.2, 0.25) is 0 Å². The van der Waals surface area contributed by atoms with Gasteiger partial charge in [0.05, 0.1) is 0 Å². The second kappa shape index (κ2) is 5.31. The van der Waals surface area contributed by atoms with E-state index in [1.54, 1.807) is 6.92 Å². The molecule has 0 fully saturated rings. The Labute approximate surface area is 75.9 Å². The second-order valence-electron chi connectivity index (χ2n) is 2.59. The molecular formula is C8H13NO4. The summed E-state index contributed by atoms with van der Waals surface area (Å²) >= 11 is 0. The van der Waals surface area contributed by atoms with Crippen molar-refractivity contribution in [3.8, 4) is 0 Å². The first-order valence-corrected chi connectivity index (χ1v) is 3.89. The van der Waals surface area contributed by atoms with E-state index < -0.39 is 18.0 Å². The summed E-state index contributed by atoms with van der Waals surface area (Å²) in [5, 5.41) is 17.1. The molecule has 0 heterocycles. The molecule has 0 unspecified atom stereocenters. The minimum atomic E-state index is -1.19. The van der Waals surface area contributed by atoms with Gasteiger partial charge in [-0.15, -0.1) is 0 Å². The van der Waals surface area contributed by atoms with Gasteiger partial charge in [0, 0.05) is 12.0 Å². The smallest absolute Gasteiger partial charge is 0.331 e. The third-order valence-corrected chi connectivity index (χ3v) is 1.48. The number of hydrogen-bond donors (Lipinski definition) is 3. The first-order valence-electron chi connectivity index (χ1n) is 3.89. The lowest BCUT2D eigenvalue weighted by molar-refractivity contribution is -0.138. The number of carbonyl (C=O) groups is 2. The highest BCUT2D eigenvalue weighted by Gasteiger charge is 2.17. The van der Waals surface area contributed by atoms with E-state index in [9.17, 15) is 9.59 Å². The number of carboxylic acids is 2. The van der Waals surface area contributed by atoms with Crippen molar-refractivity contribution in [2.75, 3.05) is 0 Å². The van der Waals surface area contributed by atoms with Crippen LogP contribution in [0.15, 0.2) is 11.6 Å². The number of allylic oxidation sites excluding steroid dienone is 1. The van der Waals surface area contributed by atoms with Crippen LogP contribution in [0.5, 0.6) is 0 Å². The zero-order valence-corrected chi connectivity index (χ0v) is 7.36. The van der Waals surface area contributed by atoms with Crippen molar-refractivity contribution in [2.24, 2.45) is 5.73 Å². The zero-order chi connectivity index (χ0) is 10.4. The standard InChI is InChI=1S/C8H13NO4/c1-2-3-5(7(10)11)4-6(9)8(12)13/h3,6H,2,4,9H2,1H3,(H,10,11)(H,12,13)/t6-/m0/s1. The Kier molecular flexibility index (Phi) is 4.76. The number of rotatable bonds is 5. The van der Waals surface area contributed by atoms with Gasteiger partial charge in [0.25, 0.3) is 0 Å². The quantitative estimate of drug-likeness (QED) is 0.534. The lowest BCUT2D eigenvalue weighted by Crippen LogP contribution is -2.31. The molecule has 0 aromatic carbocycles. The van der Waals surface area contributed by atoms with Crippen molar-refractivity contribution in [3.63, 3.8) is 0 Å². The highest BCUT2D eigenvalue weighted by Crippen LogP contribution is 2.05. The molecule has 0 aromatic rings. The summed E-state index contributed by atoms with van der Waals surface area (Å²) in [7, 11) is 0. The summed E-state index contributed by atoms with van der Waals surface area (Å²) in [6.07, 6.45) is 1.87. The normalized spacial score (nSPS) is 13.8. The zero-order valence-electron chi connectivity index (χ0n) is 7.36. The average Bonchev–Trinajstić information content (AvgIpc) is 2.03. The van der Waals surface area contributed by atoms with Gasteiger partial charge in [-0.2, -0.15) is 0 Å².